The second kappa shape index (κ2) is 7.64. The predicted octanol–water partition coefficient (Wildman–Crippen LogP) is 1.09. The van der Waals surface area contributed by atoms with Crippen molar-refractivity contribution in [3.8, 4) is 0 Å². The zero-order valence-corrected chi connectivity index (χ0v) is 12.2. The highest BCUT2D eigenvalue weighted by Crippen LogP contribution is 2.05. The highest BCUT2D eigenvalue weighted by Gasteiger charge is 2.23. The fourth-order valence-corrected chi connectivity index (χ4v) is 2.18. The summed E-state index contributed by atoms with van der Waals surface area (Å²) in [5.41, 5.74) is 0.556. The van der Waals surface area contributed by atoms with Crippen molar-refractivity contribution < 1.29 is 19.5 Å². The number of hydrogen-bond donors (Lipinski definition) is 3. The van der Waals surface area contributed by atoms with Crippen molar-refractivity contribution in [3.63, 3.8) is 0 Å². The third-order valence-electron chi connectivity index (χ3n) is 2.67. The zero-order valence-electron chi connectivity index (χ0n) is 11.4. The number of carbonyl (C=O) groups excluding carboxylic acids is 2. The molecule has 20 heavy (non-hydrogen) atoms. The van der Waals surface area contributed by atoms with Gasteiger partial charge in [-0.25, -0.2) is 4.79 Å². The Morgan fingerprint density at radius 2 is 2.05 bits per heavy atom. The van der Waals surface area contributed by atoms with Gasteiger partial charge < -0.3 is 15.7 Å². The van der Waals surface area contributed by atoms with Crippen molar-refractivity contribution in [1.82, 2.24) is 10.6 Å². The molecule has 7 heteroatoms. The average Bonchev–Trinajstić information content (AvgIpc) is 2.88. The van der Waals surface area contributed by atoms with Gasteiger partial charge in [0.2, 0.25) is 5.91 Å². The van der Waals surface area contributed by atoms with Crippen molar-refractivity contribution in [2.75, 3.05) is 6.54 Å². The molecule has 1 aromatic rings. The maximum atomic E-state index is 11.6. The van der Waals surface area contributed by atoms with Crippen molar-refractivity contribution >= 4 is 29.1 Å². The molecule has 1 aromatic heterocycles. The molecule has 0 aliphatic rings. The largest absolute Gasteiger partial charge is 0.480 e. The number of nitrogens with one attached hydrogen (secondary N) is 2. The smallest absolute Gasteiger partial charge is 0.326 e. The number of carboxylic acids is 1. The summed E-state index contributed by atoms with van der Waals surface area (Å²) in [6, 6.07) is 0.786. The number of rotatable bonds is 7. The van der Waals surface area contributed by atoms with Crippen LogP contribution in [-0.2, 0) is 9.59 Å². The highest BCUT2D eigenvalue weighted by atomic mass is 32.1. The molecule has 1 heterocycles. The van der Waals surface area contributed by atoms with E-state index in [0.29, 0.717) is 5.56 Å². The molecule has 1 unspecified atom stereocenters. The Bertz CT molecular complexity index is 471. The van der Waals surface area contributed by atoms with Crippen LogP contribution in [0.2, 0.25) is 0 Å². The highest BCUT2D eigenvalue weighted by molar-refractivity contribution is 7.08. The predicted molar refractivity (Wildman–Crippen MR) is 75.7 cm³/mol. The molecule has 0 aromatic carbocycles. The molecule has 0 saturated carbocycles. The molecule has 0 bridgehead atoms. The summed E-state index contributed by atoms with van der Waals surface area (Å²) in [5, 5.41) is 17.5. The molecule has 1 rings (SSSR count). The van der Waals surface area contributed by atoms with Gasteiger partial charge in [-0.3, -0.25) is 9.59 Å². The van der Waals surface area contributed by atoms with E-state index in [0.717, 1.165) is 0 Å². The number of carboxylic acid groups (broad SMARTS) is 1. The molecule has 0 saturated heterocycles. The minimum Gasteiger partial charge on any atom is -0.480 e. The van der Waals surface area contributed by atoms with Gasteiger partial charge >= 0.3 is 5.97 Å². The second-order valence-corrected chi connectivity index (χ2v) is 5.43. The molecule has 6 nitrogen and oxygen atoms in total. The molecule has 0 radical (unpaired) electrons. The number of hydrogen-bond acceptors (Lipinski definition) is 4. The molecule has 0 aliphatic carbocycles. The minimum absolute atomic E-state index is 0.0480. The monoisotopic (exact) mass is 298 g/mol. The molecule has 2 amide bonds. The molecular formula is C13H18N2O4S. The number of aliphatic carboxylic acids is 1. The summed E-state index contributed by atoms with van der Waals surface area (Å²) in [6.07, 6.45) is 0.0480. The fraction of sp³-hybridized carbons (Fsp3) is 0.462. The fourth-order valence-electron chi connectivity index (χ4n) is 1.54. The zero-order chi connectivity index (χ0) is 15.1. The standard InChI is InChI=1S/C13H18N2O4S/c1-8(2)11(13(18)19)15-10(16)3-5-14-12(17)9-4-6-20-7-9/h4,6-8,11H,3,5H2,1-2H3,(H,14,17)(H,15,16)(H,18,19). The number of thiophene rings is 1. The third-order valence-corrected chi connectivity index (χ3v) is 3.35. The number of carbonyl (C=O) groups is 3. The van der Waals surface area contributed by atoms with E-state index >= 15 is 0 Å². The van der Waals surface area contributed by atoms with E-state index < -0.39 is 17.9 Å². The van der Waals surface area contributed by atoms with E-state index in [2.05, 4.69) is 10.6 Å². The molecule has 0 fully saturated rings. The van der Waals surface area contributed by atoms with Crippen LogP contribution < -0.4 is 10.6 Å². The van der Waals surface area contributed by atoms with Gasteiger partial charge in [-0.05, 0) is 17.4 Å². The Morgan fingerprint density at radius 3 is 2.55 bits per heavy atom. The lowest BCUT2D eigenvalue weighted by atomic mass is 10.0. The summed E-state index contributed by atoms with van der Waals surface area (Å²) in [6.45, 7) is 3.61. The van der Waals surface area contributed by atoms with Crippen molar-refractivity contribution in [3.05, 3.63) is 22.4 Å². The van der Waals surface area contributed by atoms with Crippen LogP contribution in [0.25, 0.3) is 0 Å². The van der Waals surface area contributed by atoms with Crippen LogP contribution in [-0.4, -0.2) is 35.5 Å². The molecule has 3 N–H and O–H groups in total. The van der Waals surface area contributed by atoms with Crippen molar-refractivity contribution in [2.24, 2.45) is 5.92 Å². The van der Waals surface area contributed by atoms with Crippen LogP contribution in [0.1, 0.15) is 30.6 Å². The van der Waals surface area contributed by atoms with Gasteiger partial charge in [0.25, 0.3) is 5.91 Å². The summed E-state index contributed by atoms with van der Waals surface area (Å²) in [4.78, 5) is 34.1. The lowest BCUT2D eigenvalue weighted by molar-refractivity contribution is -0.143. The minimum atomic E-state index is -1.06. The van der Waals surface area contributed by atoms with Crippen LogP contribution in [0.4, 0.5) is 0 Å². The first-order chi connectivity index (χ1) is 9.41. The molecule has 0 spiro atoms. The van der Waals surface area contributed by atoms with E-state index in [1.54, 1.807) is 30.7 Å². The Kier molecular flexibility index (Phi) is 6.17. The van der Waals surface area contributed by atoms with Crippen LogP contribution in [0.5, 0.6) is 0 Å². The summed E-state index contributed by atoms with van der Waals surface area (Å²) >= 11 is 1.42. The molecule has 1 atom stereocenters. The van der Waals surface area contributed by atoms with E-state index in [4.69, 9.17) is 5.11 Å². The van der Waals surface area contributed by atoms with Gasteiger partial charge in [0.1, 0.15) is 6.04 Å². The van der Waals surface area contributed by atoms with Gasteiger partial charge in [0, 0.05) is 23.9 Å². The molecule has 0 aliphatic heterocycles. The van der Waals surface area contributed by atoms with Gasteiger partial charge in [-0.15, -0.1) is 0 Å². The third kappa shape index (κ3) is 5.00. The maximum absolute atomic E-state index is 11.6. The molecular weight excluding hydrogens is 280 g/mol. The summed E-state index contributed by atoms with van der Waals surface area (Å²) < 4.78 is 0. The van der Waals surface area contributed by atoms with Gasteiger partial charge in [0.15, 0.2) is 0 Å². The lowest BCUT2D eigenvalue weighted by Gasteiger charge is -2.17. The second-order valence-electron chi connectivity index (χ2n) is 4.65. The van der Waals surface area contributed by atoms with Crippen LogP contribution >= 0.6 is 11.3 Å². The quantitative estimate of drug-likeness (QED) is 0.702. The first kappa shape index (κ1) is 16.2. The summed E-state index contributed by atoms with van der Waals surface area (Å²) in [7, 11) is 0. The first-order valence-corrected chi connectivity index (χ1v) is 7.18. The topological polar surface area (TPSA) is 95.5 Å². The Hall–Kier alpha value is -1.89. The van der Waals surface area contributed by atoms with E-state index in [1.165, 1.54) is 11.3 Å². The van der Waals surface area contributed by atoms with E-state index in [-0.39, 0.29) is 24.8 Å². The van der Waals surface area contributed by atoms with Gasteiger partial charge in [0.05, 0.1) is 0 Å². The SMILES string of the molecule is CC(C)C(NC(=O)CCNC(=O)c1ccsc1)C(=O)O. The number of amides is 2. The van der Waals surface area contributed by atoms with Crippen molar-refractivity contribution in [2.45, 2.75) is 26.3 Å². The van der Waals surface area contributed by atoms with Gasteiger partial charge in [-0.2, -0.15) is 11.3 Å². The van der Waals surface area contributed by atoms with Crippen LogP contribution in [0.15, 0.2) is 16.8 Å². The normalized spacial score (nSPS) is 11.9. The lowest BCUT2D eigenvalue weighted by Crippen LogP contribution is -2.45. The average molecular weight is 298 g/mol. The van der Waals surface area contributed by atoms with Crippen LogP contribution in [0.3, 0.4) is 0 Å². The Balaban J connectivity index is 2.33. The molecule has 110 valence electrons. The Morgan fingerprint density at radius 1 is 1.35 bits per heavy atom. The Labute approximate surface area is 121 Å². The van der Waals surface area contributed by atoms with Crippen LogP contribution in [0, 0.1) is 5.92 Å². The van der Waals surface area contributed by atoms with E-state index in [1.807, 2.05) is 0 Å². The van der Waals surface area contributed by atoms with E-state index in [9.17, 15) is 14.4 Å². The van der Waals surface area contributed by atoms with Gasteiger partial charge in [-0.1, -0.05) is 13.8 Å². The summed E-state index contributed by atoms with van der Waals surface area (Å²) in [5.74, 6) is -1.89. The maximum Gasteiger partial charge on any atom is 0.326 e. The van der Waals surface area contributed by atoms with Crippen molar-refractivity contribution in [1.29, 1.82) is 0 Å². The first-order valence-electron chi connectivity index (χ1n) is 6.24.